The van der Waals surface area contributed by atoms with Gasteiger partial charge in [-0.3, -0.25) is 0 Å². The Balaban J connectivity index is 2.11. The number of fused-ring (bicyclic) bond motifs is 1. The lowest BCUT2D eigenvalue weighted by Crippen LogP contribution is -2.26. The second-order valence-electron chi connectivity index (χ2n) is 5.19. The van der Waals surface area contributed by atoms with Gasteiger partial charge in [-0.15, -0.1) is 0 Å². The van der Waals surface area contributed by atoms with E-state index in [1.165, 1.54) is 23.4 Å². The molecule has 0 bridgehead atoms. The van der Waals surface area contributed by atoms with E-state index in [4.69, 9.17) is 11.6 Å². The van der Waals surface area contributed by atoms with Crippen LogP contribution in [-0.2, 0) is 6.42 Å². The van der Waals surface area contributed by atoms with Crippen LogP contribution in [0.1, 0.15) is 27.9 Å². The lowest BCUT2D eigenvalue weighted by atomic mass is 9.99. The molecule has 0 atom stereocenters. The van der Waals surface area contributed by atoms with E-state index in [0.29, 0.717) is 5.82 Å². The van der Waals surface area contributed by atoms with Crippen molar-refractivity contribution in [3.8, 4) is 0 Å². The molecule has 108 valence electrons. The van der Waals surface area contributed by atoms with Crippen LogP contribution in [0.25, 0.3) is 0 Å². The number of hydrogen-bond acceptors (Lipinski definition) is 3. The molecule has 1 aliphatic rings. The summed E-state index contributed by atoms with van der Waals surface area (Å²) in [6, 6.07) is 7.69. The van der Waals surface area contributed by atoms with E-state index < -0.39 is 5.97 Å². The Labute approximate surface area is 128 Å². The first-order valence-corrected chi connectivity index (χ1v) is 7.20. The number of hydrogen-bond donors (Lipinski definition) is 1. The molecule has 1 aromatic heterocycles. The van der Waals surface area contributed by atoms with Crippen LogP contribution in [0.2, 0.25) is 5.02 Å². The van der Waals surface area contributed by atoms with Crippen LogP contribution in [-0.4, -0.2) is 22.6 Å². The molecular weight excluding hydrogens is 288 g/mol. The van der Waals surface area contributed by atoms with Gasteiger partial charge in [-0.05, 0) is 37.5 Å². The second kappa shape index (κ2) is 5.37. The van der Waals surface area contributed by atoms with E-state index in [1.807, 2.05) is 11.0 Å². The lowest BCUT2D eigenvalue weighted by molar-refractivity contribution is 0.0697. The van der Waals surface area contributed by atoms with Gasteiger partial charge in [-0.2, -0.15) is 0 Å². The van der Waals surface area contributed by atoms with Crippen LogP contribution >= 0.6 is 11.6 Å². The molecule has 0 saturated carbocycles. The highest BCUT2D eigenvalue weighted by Gasteiger charge is 2.23. The van der Waals surface area contributed by atoms with Gasteiger partial charge >= 0.3 is 5.97 Å². The van der Waals surface area contributed by atoms with Crippen molar-refractivity contribution in [1.29, 1.82) is 0 Å². The van der Waals surface area contributed by atoms with Crippen LogP contribution in [0.4, 0.5) is 11.5 Å². The van der Waals surface area contributed by atoms with Gasteiger partial charge in [0.05, 0.1) is 10.6 Å². The van der Waals surface area contributed by atoms with Crippen LogP contribution in [0, 0.1) is 6.92 Å². The van der Waals surface area contributed by atoms with Gasteiger partial charge in [-0.1, -0.05) is 29.3 Å². The van der Waals surface area contributed by atoms with Gasteiger partial charge in [0.1, 0.15) is 0 Å². The van der Waals surface area contributed by atoms with Gasteiger partial charge in [0.25, 0.3) is 0 Å². The monoisotopic (exact) mass is 302 g/mol. The topological polar surface area (TPSA) is 53.4 Å². The predicted octanol–water partition coefficient (Wildman–Crippen LogP) is 3.83. The Bertz CT molecular complexity index is 715. The number of aromatic carboxylic acids is 1. The number of carbonyl (C=O) groups is 1. The van der Waals surface area contributed by atoms with Gasteiger partial charge in [0, 0.05) is 18.4 Å². The summed E-state index contributed by atoms with van der Waals surface area (Å²) in [4.78, 5) is 17.5. The van der Waals surface area contributed by atoms with Gasteiger partial charge in [0.2, 0.25) is 0 Å². The Kier molecular flexibility index (Phi) is 3.55. The smallest absolute Gasteiger partial charge is 0.337 e. The second-order valence-corrected chi connectivity index (χ2v) is 5.57. The molecule has 3 rings (SSSR count). The third-order valence-electron chi connectivity index (χ3n) is 3.71. The molecule has 2 heterocycles. The lowest BCUT2D eigenvalue weighted by Gasteiger charge is -2.31. The molecule has 4 nitrogen and oxygen atoms in total. The van der Waals surface area contributed by atoms with Crippen molar-refractivity contribution in [2.75, 3.05) is 11.4 Å². The van der Waals surface area contributed by atoms with E-state index in [-0.39, 0.29) is 10.6 Å². The molecule has 0 spiro atoms. The average Bonchev–Trinajstić information content (AvgIpc) is 2.46. The molecule has 1 aliphatic heterocycles. The number of rotatable bonds is 2. The quantitative estimate of drug-likeness (QED) is 0.916. The predicted molar refractivity (Wildman–Crippen MR) is 82.7 cm³/mol. The van der Waals surface area contributed by atoms with Gasteiger partial charge in [0.15, 0.2) is 5.82 Å². The number of aromatic nitrogens is 1. The Morgan fingerprint density at radius 1 is 1.38 bits per heavy atom. The van der Waals surface area contributed by atoms with Gasteiger partial charge in [-0.25, -0.2) is 9.78 Å². The van der Waals surface area contributed by atoms with E-state index in [9.17, 15) is 9.90 Å². The first-order chi connectivity index (χ1) is 10.1. The minimum Gasteiger partial charge on any atom is -0.478 e. The normalized spacial score (nSPS) is 13.9. The molecule has 0 saturated heterocycles. The van der Waals surface area contributed by atoms with Crippen molar-refractivity contribution < 1.29 is 9.90 Å². The van der Waals surface area contributed by atoms with Crippen molar-refractivity contribution in [1.82, 2.24) is 4.98 Å². The van der Waals surface area contributed by atoms with E-state index in [2.05, 4.69) is 24.0 Å². The summed E-state index contributed by atoms with van der Waals surface area (Å²) in [6.07, 6.45) is 3.50. The van der Waals surface area contributed by atoms with Crippen molar-refractivity contribution in [3.05, 3.63) is 52.2 Å². The number of carboxylic acids is 1. The fraction of sp³-hybridized carbons (Fsp3) is 0.250. The minimum absolute atomic E-state index is 0.0842. The first kappa shape index (κ1) is 13.9. The highest BCUT2D eigenvalue weighted by atomic mass is 35.5. The maximum Gasteiger partial charge on any atom is 0.337 e. The van der Waals surface area contributed by atoms with Crippen molar-refractivity contribution in [2.24, 2.45) is 0 Å². The SMILES string of the molecule is Cc1ccc2c(c1)CCCN2c1nccc(C(=O)O)c1Cl. The molecule has 0 aliphatic carbocycles. The van der Waals surface area contributed by atoms with E-state index >= 15 is 0 Å². The Hall–Kier alpha value is -2.07. The summed E-state index contributed by atoms with van der Waals surface area (Å²) in [6.45, 7) is 2.85. The number of pyridine rings is 1. The minimum atomic E-state index is -1.04. The summed E-state index contributed by atoms with van der Waals surface area (Å²) < 4.78 is 0. The molecule has 0 fully saturated rings. The standard InChI is InChI=1S/C16H15ClN2O2/c1-10-4-5-13-11(9-10)3-2-8-19(13)15-14(17)12(16(20)21)6-7-18-15/h4-7,9H,2-3,8H2,1H3,(H,20,21). The molecule has 1 N–H and O–H groups in total. The molecule has 0 radical (unpaired) electrons. The number of halogens is 1. The fourth-order valence-corrected chi connectivity index (χ4v) is 3.03. The Morgan fingerprint density at radius 3 is 2.95 bits per heavy atom. The maximum absolute atomic E-state index is 11.2. The molecule has 0 unspecified atom stereocenters. The van der Waals surface area contributed by atoms with Crippen molar-refractivity contribution in [2.45, 2.75) is 19.8 Å². The number of nitrogens with zero attached hydrogens (tertiary/aromatic N) is 2. The number of benzene rings is 1. The molecule has 21 heavy (non-hydrogen) atoms. The van der Waals surface area contributed by atoms with Crippen LogP contribution in [0.3, 0.4) is 0 Å². The largest absolute Gasteiger partial charge is 0.478 e. The number of aryl methyl sites for hydroxylation is 2. The molecular formula is C16H15ClN2O2. The number of carboxylic acid groups (broad SMARTS) is 1. The Morgan fingerprint density at radius 2 is 2.19 bits per heavy atom. The highest BCUT2D eigenvalue weighted by molar-refractivity contribution is 6.36. The summed E-state index contributed by atoms with van der Waals surface area (Å²) in [5, 5.41) is 9.38. The maximum atomic E-state index is 11.2. The summed E-state index contributed by atoms with van der Waals surface area (Å²) in [5.74, 6) is -0.522. The summed E-state index contributed by atoms with van der Waals surface area (Å²) in [5.41, 5.74) is 3.61. The van der Waals surface area contributed by atoms with Crippen LogP contribution in [0.15, 0.2) is 30.5 Å². The third-order valence-corrected chi connectivity index (χ3v) is 4.08. The third kappa shape index (κ3) is 2.47. The summed E-state index contributed by atoms with van der Waals surface area (Å²) in [7, 11) is 0. The highest BCUT2D eigenvalue weighted by Crippen LogP contribution is 2.37. The van der Waals surface area contributed by atoms with E-state index in [0.717, 1.165) is 25.1 Å². The zero-order valence-corrected chi connectivity index (χ0v) is 12.4. The molecule has 0 amide bonds. The van der Waals surface area contributed by atoms with Gasteiger partial charge < -0.3 is 10.0 Å². The average molecular weight is 303 g/mol. The van der Waals surface area contributed by atoms with Crippen LogP contribution in [0.5, 0.6) is 0 Å². The fourth-order valence-electron chi connectivity index (χ4n) is 2.73. The number of anilines is 2. The zero-order chi connectivity index (χ0) is 15.0. The molecule has 2 aromatic rings. The first-order valence-electron chi connectivity index (χ1n) is 6.83. The summed E-state index contributed by atoms with van der Waals surface area (Å²) >= 11 is 6.25. The zero-order valence-electron chi connectivity index (χ0n) is 11.6. The van der Waals surface area contributed by atoms with Crippen LogP contribution < -0.4 is 4.90 Å². The van der Waals surface area contributed by atoms with Crippen molar-refractivity contribution in [3.63, 3.8) is 0 Å². The van der Waals surface area contributed by atoms with Crippen molar-refractivity contribution >= 4 is 29.1 Å². The molecule has 1 aromatic carbocycles. The van der Waals surface area contributed by atoms with E-state index in [1.54, 1.807) is 0 Å². The molecule has 5 heteroatoms.